The van der Waals surface area contributed by atoms with Crippen molar-refractivity contribution in [2.75, 3.05) is 0 Å². The molecule has 0 saturated carbocycles. The summed E-state index contributed by atoms with van der Waals surface area (Å²) in [4.78, 5) is 0. The Morgan fingerprint density at radius 2 is 0.771 bits per heavy atom. The molecule has 382 valence electrons. The minimum Gasteiger partial charge on any atom is -0.306 e. The first kappa shape index (κ1) is 28.3. The lowest BCUT2D eigenvalue weighted by molar-refractivity contribution is 1.03. The van der Waals surface area contributed by atoms with Crippen LogP contribution in [0.2, 0.25) is 0 Å². The van der Waals surface area contributed by atoms with Crippen LogP contribution in [0.3, 0.4) is 0 Å². The molecule has 0 saturated heterocycles. The van der Waals surface area contributed by atoms with Gasteiger partial charge in [-0.2, -0.15) is 10.5 Å². The maximum atomic E-state index is 13.4. The summed E-state index contributed by atoms with van der Waals surface area (Å²) < 4.78 is 236. The Labute approximate surface area is 511 Å². The highest BCUT2D eigenvalue weighted by atomic mass is 32.1. The number of aromatic nitrogens is 4. The number of fused-ring (bicyclic) bond motifs is 19. The molecule has 0 amide bonds. The first-order valence-corrected chi connectivity index (χ1v) is 26.8. The Bertz CT molecular complexity index is 7250. The molecule has 83 heavy (non-hydrogen) atoms. The second-order valence-corrected chi connectivity index (χ2v) is 21.0. The van der Waals surface area contributed by atoms with Crippen molar-refractivity contribution in [3.8, 4) is 46.0 Å². The van der Waals surface area contributed by atoms with Crippen molar-refractivity contribution in [3.05, 3.63) is 265 Å². The number of hydrogen-bond acceptors (Lipinski definition) is 3. The van der Waals surface area contributed by atoms with Gasteiger partial charge in [-0.3, -0.25) is 0 Å². The van der Waals surface area contributed by atoms with E-state index in [0.717, 1.165) is 50.9 Å². The van der Waals surface area contributed by atoms with Crippen LogP contribution >= 0.6 is 11.3 Å². The predicted molar refractivity (Wildman–Crippen MR) is 347 cm³/mol. The molecule has 0 aliphatic carbocycles. The third kappa shape index (κ3) is 6.13. The zero-order valence-corrected chi connectivity index (χ0v) is 43.3. The molecule has 5 aromatic heterocycles. The molecule has 0 fully saturated rings. The van der Waals surface area contributed by atoms with Gasteiger partial charge in [0.1, 0.15) is 23.3 Å². The average Bonchev–Trinajstić information content (AvgIpc) is 1.52. The van der Waals surface area contributed by atoms with Crippen molar-refractivity contribution in [1.29, 1.82) is 10.5 Å². The van der Waals surface area contributed by atoms with Crippen molar-refractivity contribution in [2.24, 2.45) is 0 Å². The average molecular weight is 1100 g/mol. The maximum absolute atomic E-state index is 13.4. The highest BCUT2D eigenvalue weighted by Crippen LogP contribution is 2.51. The van der Waals surface area contributed by atoms with Gasteiger partial charge in [0.05, 0.1) is 104 Å². The molecule has 0 N–H and O–H groups in total. The normalized spacial score (nSPS) is 16.1. The molecular formula is C76H42N6S. The van der Waals surface area contributed by atoms with Crippen LogP contribution in [-0.2, 0) is 0 Å². The van der Waals surface area contributed by atoms with Gasteiger partial charge in [0.15, 0.2) is 0 Å². The zero-order valence-electron chi connectivity index (χ0n) is 66.5. The third-order valence-corrected chi connectivity index (χ3v) is 17.2. The first-order chi connectivity index (χ1) is 51.1. The van der Waals surface area contributed by atoms with Gasteiger partial charge in [0.25, 0.3) is 0 Å². The number of nitrogens with zero attached hydrogens (tertiary/aromatic N) is 6. The van der Waals surface area contributed by atoms with E-state index in [0.29, 0.717) is 26.4 Å². The van der Waals surface area contributed by atoms with E-state index in [1.54, 1.807) is 10.6 Å². The fourth-order valence-electron chi connectivity index (χ4n) is 12.7. The molecule has 0 atom stereocenters. The van der Waals surface area contributed by atoms with Crippen LogP contribution in [0.1, 0.15) is 44.0 Å². The summed E-state index contributed by atoms with van der Waals surface area (Å²) in [6, 6.07) is 17.0. The fourth-order valence-corrected chi connectivity index (χ4v) is 13.9. The molecule has 0 aliphatic rings. The van der Waals surface area contributed by atoms with Gasteiger partial charge in [-0.25, -0.2) is 0 Å². The van der Waals surface area contributed by atoms with Crippen LogP contribution in [0.25, 0.3) is 163 Å². The summed E-state index contributed by atoms with van der Waals surface area (Å²) in [5, 5.41) is 29.1. The smallest absolute Gasteiger partial charge is 0.104 e. The number of nitriles is 2. The zero-order chi connectivity index (χ0) is 75.5. The Kier molecular flexibility index (Phi) is 5.84. The summed E-state index contributed by atoms with van der Waals surface area (Å²) in [6.07, 6.45) is 0. The van der Waals surface area contributed by atoms with E-state index in [1.165, 1.54) is 11.3 Å². The Morgan fingerprint density at radius 3 is 1.29 bits per heavy atom. The van der Waals surface area contributed by atoms with Gasteiger partial charge in [0, 0.05) is 58.6 Å². The molecule has 18 rings (SSSR count). The van der Waals surface area contributed by atoms with Gasteiger partial charge in [-0.05, 0) is 87.1 Å². The number of hydrogen-bond donors (Lipinski definition) is 0. The van der Waals surface area contributed by atoms with Crippen LogP contribution in [0, 0.1) is 22.7 Å². The van der Waals surface area contributed by atoms with Gasteiger partial charge in [-0.15, -0.1) is 11.3 Å². The number of rotatable bonds is 5. The Morgan fingerprint density at radius 1 is 0.337 bits per heavy atom. The summed E-state index contributed by atoms with van der Waals surface area (Å²) in [6.45, 7) is 0. The summed E-state index contributed by atoms with van der Waals surface area (Å²) in [5.74, 6) is 0. The highest BCUT2D eigenvalue weighted by Gasteiger charge is 2.35. The number of benzene rings is 13. The second-order valence-electron chi connectivity index (χ2n) is 19.9. The van der Waals surface area contributed by atoms with E-state index in [2.05, 4.69) is 12.1 Å². The van der Waals surface area contributed by atoms with Crippen molar-refractivity contribution in [1.82, 2.24) is 18.3 Å². The van der Waals surface area contributed by atoms with E-state index in [4.69, 9.17) is 5.48 Å². The standard InChI is InChI=1S/C76H42N6S/c77-43-60-71(79-62-29-10-3-21-50(62)51-22-4-11-30-63(51)79)72(80-64-31-12-5-23-52(64)53-24-6-13-32-65(53)80)61(44-78)74(73(60)81-66-33-14-7-25-54(66)55-26-8-15-34-67(55)81)82-68-41-38-47(49-28-17-19-46-37-36-45-18-1-2-20-48(45)70(46)49)42-59(68)57-39-40-58-56-27-9-16-35-69(56)83-76(58)75(57)82/h1-42H/i3D,4D,5D,6D,7D,8D,10D,11D,12D,13D,14D,15D,21D,22D,23D,24D,25D,26D,29D,30D,31D,32D,33D,34D. The lowest BCUT2D eigenvalue weighted by atomic mass is 9.93. The highest BCUT2D eigenvalue weighted by molar-refractivity contribution is 7.26. The van der Waals surface area contributed by atoms with Crippen LogP contribution in [0.4, 0.5) is 0 Å². The Hall–Kier alpha value is -11.2. The van der Waals surface area contributed by atoms with Gasteiger partial charge < -0.3 is 18.3 Å². The third-order valence-electron chi connectivity index (χ3n) is 16.0. The molecule has 18 aromatic rings. The number of para-hydroxylation sites is 6. The second kappa shape index (κ2) is 17.1. The number of thiophene rings is 1. The largest absolute Gasteiger partial charge is 0.306 e. The van der Waals surface area contributed by atoms with E-state index in [-0.39, 0.29) is 11.0 Å². The maximum Gasteiger partial charge on any atom is 0.104 e. The summed E-state index contributed by atoms with van der Waals surface area (Å²) >= 11 is 1.30. The van der Waals surface area contributed by atoms with Gasteiger partial charge >= 0.3 is 0 Å². The van der Waals surface area contributed by atoms with Crippen molar-refractivity contribution < 1.29 is 32.9 Å². The van der Waals surface area contributed by atoms with Crippen LogP contribution in [-0.4, -0.2) is 18.3 Å². The molecule has 0 bridgehead atoms. The van der Waals surface area contributed by atoms with E-state index < -0.39 is 244 Å². The molecule has 5 heterocycles. The quantitative estimate of drug-likeness (QED) is 0.161. The van der Waals surface area contributed by atoms with E-state index in [9.17, 15) is 37.9 Å². The molecule has 0 radical (unpaired) electrons. The fraction of sp³-hybridized carbons (Fsp3) is 0. The molecule has 0 aliphatic heterocycles. The van der Waals surface area contributed by atoms with Gasteiger partial charge in [0.2, 0.25) is 0 Å². The van der Waals surface area contributed by atoms with E-state index in [1.807, 2.05) is 103 Å². The van der Waals surface area contributed by atoms with Crippen LogP contribution in [0.5, 0.6) is 0 Å². The first-order valence-electron chi connectivity index (χ1n) is 38.0. The van der Waals surface area contributed by atoms with Crippen LogP contribution < -0.4 is 0 Å². The van der Waals surface area contributed by atoms with Crippen molar-refractivity contribution in [2.45, 2.75) is 0 Å². The predicted octanol–water partition coefficient (Wildman–Crippen LogP) is 20.2. The Balaban J connectivity index is 1.22. The molecule has 0 spiro atoms. The lowest BCUT2D eigenvalue weighted by Gasteiger charge is -2.27. The topological polar surface area (TPSA) is 67.3 Å². The molecule has 13 aromatic carbocycles. The van der Waals surface area contributed by atoms with Crippen molar-refractivity contribution in [3.63, 3.8) is 0 Å². The molecule has 0 unspecified atom stereocenters. The summed E-state index contributed by atoms with van der Waals surface area (Å²) in [7, 11) is 0. The monoisotopic (exact) mass is 1090 g/mol. The minimum absolute atomic E-state index is 0.190. The molecule has 6 nitrogen and oxygen atoms in total. The SMILES string of the molecule is [2H]c1c([2H])c([2H])c2c(c1[2H])c1c([2H])c([2H])c([2H])c([2H])c1n2-c1c(C#N)c(-n2c3c([2H])c([2H])c([2H])c([2H])c3c3c([2H])c([2H])c([2H])c([2H])c32)c(-n2c3ccc(-c4cccc5ccc6ccccc6c45)cc3c3ccc4c5ccccc5sc4c32)c(C#N)c1-n1c2c([2H])c([2H])c([2H])c([2H])c2c2c([2H])c([2H])c([2H])c([2H])c21. The lowest BCUT2D eigenvalue weighted by Crippen LogP contribution is -2.16. The molecule has 7 heteroatoms. The van der Waals surface area contributed by atoms with E-state index >= 15 is 0 Å². The van der Waals surface area contributed by atoms with Gasteiger partial charge in [-0.1, -0.05) is 200 Å². The van der Waals surface area contributed by atoms with Crippen molar-refractivity contribution >= 4 is 140 Å². The summed E-state index contributed by atoms with van der Waals surface area (Å²) in [5.41, 5.74) is -6.92. The molecular weight excluding hydrogens is 1030 g/mol. The minimum atomic E-state index is -0.984. The van der Waals surface area contributed by atoms with Crippen LogP contribution in [0.15, 0.2) is 254 Å².